The van der Waals surface area contributed by atoms with E-state index >= 15 is 0 Å². The summed E-state index contributed by atoms with van der Waals surface area (Å²) in [7, 11) is 2.09. The Labute approximate surface area is 113 Å². The number of rotatable bonds is 4. The third kappa shape index (κ3) is 3.51. The molecule has 1 aromatic rings. The van der Waals surface area contributed by atoms with E-state index in [0.29, 0.717) is 6.04 Å². The second-order valence-electron chi connectivity index (χ2n) is 5.30. The van der Waals surface area contributed by atoms with Gasteiger partial charge < -0.3 is 10.2 Å². The largest absolute Gasteiger partial charge is 0.314 e. The lowest BCUT2D eigenvalue weighted by Crippen LogP contribution is -2.50. The standard InChI is InChI=1S/C15H22F2N2/c1-3-15(16,17)13-6-4-5-12(9-13)10-14-11-18-7-8-19(14)2/h4-6,9,14,18H,3,7-8,10-11H2,1-2H3. The van der Waals surface area contributed by atoms with Crippen LogP contribution in [0.2, 0.25) is 0 Å². The van der Waals surface area contributed by atoms with E-state index in [4.69, 9.17) is 0 Å². The fraction of sp³-hybridized carbons (Fsp3) is 0.600. The zero-order chi connectivity index (χ0) is 13.9. The Balaban J connectivity index is 2.10. The average molecular weight is 268 g/mol. The Bertz CT molecular complexity index is 420. The fourth-order valence-electron chi connectivity index (χ4n) is 2.49. The van der Waals surface area contributed by atoms with Crippen molar-refractivity contribution in [2.45, 2.75) is 31.7 Å². The van der Waals surface area contributed by atoms with E-state index < -0.39 is 5.92 Å². The molecule has 0 spiro atoms. The highest BCUT2D eigenvalue weighted by Gasteiger charge is 2.29. The van der Waals surface area contributed by atoms with Crippen LogP contribution >= 0.6 is 0 Å². The summed E-state index contributed by atoms with van der Waals surface area (Å²) in [6.07, 6.45) is 0.665. The normalized spacial score (nSPS) is 21.6. The Morgan fingerprint density at radius 2 is 2.21 bits per heavy atom. The molecule has 1 fully saturated rings. The summed E-state index contributed by atoms with van der Waals surface area (Å²) in [6.45, 7) is 4.45. The quantitative estimate of drug-likeness (QED) is 0.903. The molecule has 1 N–H and O–H groups in total. The van der Waals surface area contributed by atoms with Crippen LogP contribution in [0.1, 0.15) is 24.5 Å². The molecular formula is C15H22F2N2. The van der Waals surface area contributed by atoms with E-state index in [-0.39, 0.29) is 12.0 Å². The summed E-state index contributed by atoms with van der Waals surface area (Å²) in [5.74, 6) is -2.72. The van der Waals surface area contributed by atoms with E-state index in [1.807, 2.05) is 6.07 Å². The summed E-state index contributed by atoms with van der Waals surface area (Å²) in [6, 6.07) is 7.25. The molecule has 19 heavy (non-hydrogen) atoms. The number of likely N-dealkylation sites (N-methyl/N-ethyl adjacent to an activating group) is 1. The lowest BCUT2D eigenvalue weighted by Gasteiger charge is -2.33. The first-order valence-electron chi connectivity index (χ1n) is 6.91. The molecule has 0 radical (unpaired) electrons. The smallest absolute Gasteiger partial charge is 0.273 e. The zero-order valence-corrected chi connectivity index (χ0v) is 11.6. The number of halogens is 2. The molecule has 1 atom stereocenters. The van der Waals surface area contributed by atoms with Gasteiger partial charge in [-0.15, -0.1) is 0 Å². The summed E-state index contributed by atoms with van der Waals surface area (Å²) < 4.78 is 27.4. The lowest BCUT2D eigenvalue weighted by atomic mass is 9.98. The minimum atomic E-state index is -2.72. The maximum absolute atomic E-state index is 13.7. The topological polar surface area (TPSA) is 15.3 Å². The number of nitrogens with zero attached hydrogens (tertiary/aromatic N) is 1. The summed E-state index contributed by atoms with van der Waals surface area (Å²) >= 11 is 0. The lowest BCUT2D eigenvalue weighted by molar-refractivity contribution is -0.00837. The van der Waals surface area contributed by atoms with Gasteiger partial charge in [-0.3, -0.25) is 0 Å². The van der Waals surface area contributed by atoms with Crippen LogP contribution in [0.15, 0.2) is 24.3 Å². The van der Waals surface area contributed by atoms with Gasteiger partial charge >= 0.3 is 0 Å². The Hall–Kier alpha value is -1.00. The van der Waals surface area contributed by atoms with Gasteiger partial charge in [-0.1, -0.05) is 25.1 Å². The van der Waals surface area contributed by atoms with Crippen LogP contribution in [0.3, 0.4) is 0 Å². The van der Waals surface area contributed by atoms with Crippen molar-refractivity contribution in [1.82, 2.24) is 10.2 Å². The van der Waals surface area contributed by atoms with Gasteiger partial charge in [0, 0.05) is 37.7 Å². The number of nitrogens with one attached hydrogen (secondary N) is 1. The molecule has 1 aliphatic heterocycles. The molecule has 106 valence electrons. The third-order valence-corrected chi connectivity index (χ3v) is 3.91. The molecule has 1 aromatic carbocycles. The van der Waals surface area contributed by atoms with Crippen molar-refractivity contribution in [2.24, 2.45) is 0 Å². The van der Waals surface area contributed by atoms with Crippen LogP contribution in [0.25, 0.3) is 0 Å². The van der Waals surface area contributed by atoms with Crippen molar-refractivity contribution >= 4 is 0 Å². The van der Waals surface area contributed by atoms with Crippen molar-refractivity contribution in [3.8, 4) is 0 Å². The highest BCUT2D eigenvalue weighted by atomic mass is 19.3. The number of alkyl halides is 2. The molecule has 0 bridgehead atoms. The minimum Gasteiger partial charge on any atom is -0.314 e. The Morgan fingerprint density at radius 1 is 1.42 bits per heavy atom. The maximum Gasteiger partial charge on any atom is 0.273 e. The molecule has 1 unspecified atom stereocenters. The van der Waals surface area contributed by atoms with Crippen molar-refractivity contribution in [3.05, 3.63) is 35.4 Å². The SMILES string of the molecule is CCC(F)(F)c1cccc(CC2CNCCN2C)c1. The predicted molar refractivity (Wildman–Crippen MR) is 73.6 cm³/mol. The van der Waals surface area contributed by atoms with E-state index in [1.54, 1.807) is 12.1 Å². The van der Waals surface area contributed by atoms with E-state index in [2.05, 4.69) is 17.3 Å². The van der Waals surface area contributed by atoms with Crippen LogP contribution in [-0.2, 0) is 12.3 Å². The van der Waals surface area contributed by atoms with Crippen LogP contribution in [-0.4, -0.2) is 37.6 Å². The summed E-state index contributed by atoms with van der Waals surface area (Å²) in [5, 5.41) is 3.35. The molecule has 4 heteroatoms. The molecule has 1 saturated heterocycles. The highest BCUT2D eigenvalue weighted by molar-refractivity contribution is 5.27. The van der Waals surface area contributed by atoms with Gasteiger partial charge in [-0.25, -0.2) is 8.78 Å². The first-order valence-corrected chi connectivity index (χ1v) is 6.91. The molecular weight excluding hydrogens is 246 g/mol. The molecule has 1 aliphatic rings. The third-order valence-electron chi connectivity index (χ3n) is 3.91. The van der Waals surface area contributed by atoms with Gasteiger partial charge in [-0.2, -0.15) is 0 Å². The van der Waals surface area contributed by atoms with Crippen LogP contribution in [0.4, 0.5) is 8.78 Å². The summed E-state index contributed by atoms with van der Waals surface area (Å²) in [4.78, 5) is 2.29. The first kappa shape index (κ1) is 14.4. The van der Waals surface area contributed by atoms with Crippen LogP contribution in [0, 0.1) is 0 Å². The maximum atomic E-state index is 13.7. The van der Waals surface area contributed by atoms with E-state index in [1.165, 1.54) is 13.0 Å². The molecule has 2 rings (SSSR count). The molecule has 1 heterocycles. The Morgan fingerprint density at radius 3 is 2.89 bits per heavy atom. The van der Waals surface area contributed by atoms with Gasteiger partial charge in [0.05, 0.1) is 0 Å². The first-order chi connectivity index (χ1) is 9.03. The van der Waals surface area contributed by atoms with Crippen LogP contribution < -0.4 is 5.32 Å². The summed E-state index contributed by atoms with van der Waals surface area (Å²) in [5.41, 5.74) is 1.13. The van der Waals surface area contributed by atoms with Crippen molar-refractivity contribution in [3.63, 3.8) is 0 Å². The van der Waals surface area contributed by atoms with Crippen LogP contribution in [0.5, 0.6) is 0 Å². The fourth-order valence-corrected chi connectivity index (χ4v) is 2.49. The highest BCUT2D eigenvalue weighted by Crippen LogP contribution is 2.31. The van der Waals surface area contributed by atoms with E-state index in [9.17, 15) is 8.78 Å². The van der Waals surface area contributed by atoms with Gasteiger partial charge in [0.2, 0.25) is 0 Å². The molecule has 2 nitrogen and oxygen atoms in total. The average Bonchev–Trinajstić information content (AvgIpc) is 2.42. The second kappa shape index (κ2) is 5.97. The van der Waals surface area contributed by atoms with Gasteiger partial charge in [0.1, 0.15) is 0 Å². The monoisotopic (exact) mass is 268 g/mol. The second-order valence-corrected chi connectivity index (χ2v) is 5.30. The predicted octanol–water partition coefficient (Wildman–Crippen LogP) is 2.63. The Kier molecular flexibility index (Phi) is 4.53. The van der Waals surface area contributed by atoms with Crippen molar-refractivity contribution in [1.29, 1.82) is 0 Å². The van der Waals surface area contributed by atoms with Crippen molar-refractivity contribution < 1.29 is 8.78 Å². The van der Waals surface area contributed by atoms with Gasteiger partial charge in [0.15, 0.2) is 0 Å². The van der Waals surface area contributed by atoms with Gasteiger partial charge in [-0.05, 0) is 25.1 Å². The molecule has 0 aliphatic carbocycles. The molecule has 0 saturated carbocycles. The zero-order valence-electron chi connectivity index (χ0n) is 11.6. The van der Waals surface area contributed by atoms with Gasteiger partial charge in [0.25, 0.3) is 5.92 Å². The number of hydrogen-bond donors (Lipinski definition) is 1. The number of hydrogen-bond acceptors (Lipinski definition) is 2. The van der Waals surface area contributed by atoms with Crippen molar-refractivity contribution in [2.75, 3.05) is 26.7 Å². The van der Waals surface area contributed by atoms with E-state index in [0.717, 1.165) is 31.6 Å². The number of benzene rings is 1. The number of piperazine rings is 1. The molecule has 0 amide bonds. The molecule has 0 aromatic heterocycles. The minimum absolute atomic E-state index is 0.138.